The van der Waals surface area contributed by atoms with Crippen molar-refractivity contribution in [1.29, 1.82) is 5.26 Å². The molecule has 0 radical (unpaired) electrons. The van der Waals surface area contributed by atoms with E-state index in [0.29, 0.717) is 13.0 Å². The molecule has 0 saturated carbocycles. The Labute approximate surface area is 85.4 Å². The number of nitrogens with zero attached hydrogens (tertiary/aromatic N) is 1. The molecule has 0 aliphatic heterocycles. The lowest BCUT2D eigenvalue weighted by molar-refractivity contribution is -0.149. The number of allylic oxidation sites excluding steroid dienone is 1. The third-order valence-corrected chi connectivity index (χ3v) is 2.28. The van der Waals surface area contributed by atoms with Crippen molar-refractivity contribution in [3.63, 3.8) is 0 Å². The Morgan fingerprint density at radius 1 is 1.57 bits per heavy atom. The maximum absolute atomic E-state index is 11.6. The molecule has 1 atom stereocenters. The maximum Gasteiger partial charge on any atom is 0.330 e. The largest absolute Gasteiger partial charge is 0.465 e. The van der Waals surface area contributed by atoms with Gasteiger partial charge in [-0.15, -0.1) is 0 Å². The third-order valence-electron chi connectivity index (χ3n) is 2.28. The second-order valence-corrected chi connectivity index (χ2v) is 3.12. The van der Waals surface area contributed by atoms with Crippen LogP contribution in [0.1, 0.15) is 34.1 Å². The average molecular weight is 195 g/mol. The molecule has 0 amide bonds. The molecule has 0 aromatic heterocycles. The summed E-state index contributed by atoms with van der Waals surface area (Å²) in [6.07, 6.45) is 2.49. The van der Waals surface area contributed by atoms with Gasteiger partial charge in [-0.2, -0.15) is 5.26 Å². The van der Waals surface area contributed by atoms with Crippen molar-refractivity contribution in [3.8, 4) is 6.07 Å². The minimum Gasteiger partial charge on any atom is -0.465 e. The zero-order valence-corrected chi connectivity index (χ0v) is 9.26. The fraction of sp³-hybridized carbons (Fsp3) is 0.636. The number of nitriles is 1. The molecule has 0 bridgehead atoms. The Morgan fingerprint density at radius 3 is 2.43 bits per heavy atom. The molecular formula is C11H17NO2. The van der Waals surface area contributed by atoms with Crippen molar-refractivity contribution >= 4 is 5.97 Å². The Balaban J connectivity index is 4.99. The molecule has 3 heteroatoms. The minimum atomic E-state index is -1.13. The van der Waals surface area contributed by atoms with E-state index in [2.05, 4.69) is 0 Å². The Kier molecular flexibility index (Phi) is 4.93. The minimum absolute atomic E-state index is 0.302. The fourth-order valence-corrected chi connectivity index (χ4v) is 1.37. The van der Waals surface area contributed by atoms with Crippen LogP contribution in [0.4, 0.5) is 0 Å². The van der Waals surface area contributed by atoms with Crippen LogP contribution in [0.15, 0.2) is 11.6 Å². The van der Waals surface area contributed by atoms with E-state index >= 15 is 0 Å². The number of carbonyl (C=O) groups excluding carboxylic acids is 1. The Bertz CT molecular complexity index is 276. The first-order valence-electron chi connectivity index (χ1n) is 4.80. The van der Waals surface area contributed by atoms with E-state index in [-0.39, 0.29) is 0 Å². The molecule has 0 spiro atoms. The summed E-state index contributed by atoms with van der Waals surface area (Å²) < 4.78 is 4.88. The predicted octanol–water partition coefficient (Wildman–Crippen LogP) is 2.44. The summed E-state index contributed by atoms with van der Waals surface area (Å²) >= 11 is 0. The summed E-state index contributed by atoms with van der Waals surface area (Å²) in [6, 6.07) is 2.02. The van der Waals surface area contributed by atoms with E-state index in [1.807, 2.05) is 19.9 Å². The first kappa shape index (κ1) is 12.7. The zero-order valence-electron chi connectivity index (χ0n) is 9.26. The molecule has 0 heterocycles. The summed E-state index contributed by atoms with van der Waals surface area (Å²) in [5.41, 5.74) is -0.321. The van der Waals surface area contributed by atoms with Crippen LogP contribution in [0.3, 0.4) is 0 Å². The van der Waals surface area contributed by atoms with Crippen LogP contribution in [-0.4, -0.2) is 12.6 Å². The second kappa shape index (κ2) is 5.43. The summed E-state index contributed by atoms with van der Waals surface area (Å²) in [5.74, 6) is -0.461. The van der Waals surface area contributed by atoms with Gasteiger partial charge < -0.3 is 4.74 Å². The van der Waals surface area contributed by atoms with Crippen LogP contribution in [0.2, 0.25) is 0 Å². The highest BCUT2D eigenvalue weighted by atomic mass is 16.5. The van der Waals surface area contributed by atoms with Gasteiger partial charge >= 0.3 is 5.97 Å². The van der Waals surface area contributed by atoms with Crippen molar-refractivity contribution in [2.24, 2.45) is 5.41 Å². The highest BCUT2D eigenvalue weighted by Gasteiger charge is 2.37. The smallest absolute Gasteiger partial charge is 0.330 e. The third kappa shape index (κ3) is 2.35. The SMILES string of the molecule is C/C=C(/CC)[C@](C)(C#N)C(=O)OCC. The van der Waals surface area contributed by atoms with E-state index in [1.54, 1.807) is 19.9 Å². The first-order chi connectivity index (χ1) is 6.56. The van der Waals surface area contributed by atoms with E-state index in [4.69, 9.17) is 10.00 Å². The molecular weight excluding hydrogens is 178 g/mol. The molecule has 0 N–H and O–H groups in total. The fourth-order valence-electron chi connectivity index (χ4n) is 1.37. The standard InChI is InChI=1S/C11H17NO2/c1-5-9(6-2)11(4,8-12)10(13)14-7-3/h5H,6-7H2,1-4H3/b9-5-/t11-/m0/s1. The van der Waals surface area contributed by atoms with Gasteiger partial charge in [-0.05, 0) is 32.8 Å². The zero-order chi connectivity index (χ0) is 11.2. The molecule has 14 heavy (non-hydrogen) atoms. The molecule has 0 fully saturated rings. The lowest BCUT2D eigenvalue weighted by Crippen LogP contribution is -2.30. The monoisotopic (exact) mass is 195 g/mol. The number of ether oxygens (including phenoxy) is 1. The molecule has 0 aromatic rings. The summed E-state index contributed by atoms with van der Waals surface area (Å²) in [7, 11) is 0. The van der Waals surface area contributed by atoms with E-state index < -0.39 is 11.4 Å². The van der Waals surface area contributed by atoms with Gasteiger partial charge in [0.2, 0.25) is 0 Å². The number of rotatable bonds is 4. The highest BCUT2D eigenvalue weighted by Crippen LogP contribution is 2.29. The molecule has 0 aliphatic rings. The topological polar surface area (TPSA) is 50.1 Å². The van der Waals surface area contributed by atoms with Gasteiger partial charge in [-0.25, -0.2) is 4.79 Å². The molecule has 0 unspecified atom stereocenters. The molecule has 0 aromatic carbocycles. The van der Waals surface area contributed by atoms with Crippen LogP contribution >= 0.6 is 0 Å². The molecule has 0 rings (SSSR count). The molecule has 78 valence electrons. The van der Waals surface area contributed by atoms with Crippen LogP contribution < -0.4 is 0 Å². The average Bonchev–Trinajstić information content (AvgIpc) is 2.19. The second-order valence-electron chi connectivity index (χ2n) is 3.12. The number of esters is 1. The molecule has 0 aliphatic carbocycles. The quantitative estimate of drug-likeness (QED) is 0.511. The van der Waals surface area contributed by atoms with E-state index in [0.717, 1.165) is 5.57 Å². The number of carbonyl (C=O) groups is 1. The number of hydrogen-bond donors (Lipinski definition) is 0. The van der Waals surface area contributed by atoms with Crippen molar-refractivity contribution in [2.75, 3.05) is 6.61 Å². The van der Waals surface area contributed by atoms with E-state index in [1.165, 1.54) is 0 Å². The Hall–Kier alpha value is -1.30. The lowest BCUT2D eigenvalue weighted by atomic mass is 9.82. The van der Waals surface area contributed by atoms with Crippen molar-refractivity contribution in [3.05, 3.63) is 11.6 Å². The van der Waals surface area contributed by atoms with Gasteiger partial charge in [0, 0.05) is 0 Å². The van der Waals surface area contributed by atoms with Gasteiger partial charge in [-0.1, -0.05) is 13.0 Å². The van der Waals surface area contributed by atoms with Gasteiger partial charge in [0.15, 0.2) is 5.41 Å². The summed E-state index contributed by atoms with van der Waals surface area (Å²) in [5, 5.41) is 9.02. The first-order valence-corrected chi connectivity index (χ1v) is 4.80. The Morgan fingerprint density at radius 2 is 2.14 bits per heavy atom. The van der Waals surface area contributed by atoms with Crippen LogP contribution in [0.5, 0.6) is 0 Å². The van der Waals surface area contributed by atoms with E-state index in [9.17, 15) is 4.79 Å². The van der Waals surface area contributed by atoms with Crippen LogP contribution in [0.25, 0.3) is 0 Å². The van der Waals surface area contributed by atoms with Gasteiger partial charge in [0.05, 0.1) is 12.7 Å². The molecule has 0 saturated heterocycles. The van der Waals surface area contributed by atoms with Gasteiger partial charge in [0.25, 0.3) is 0 Å². The maximum atomic E-state index is 11.6. The van der Waals surface area contributed by atoms with Gasteiger partial charge in [0.1, 0.15) is 0 Å². The van der Waals surface area contributed by atoms with Crippen molar-refractivity contribution < 1.29 is 9.53 Å². The van der Waals surface area contributed by atoms with Gasteiger partial charge in [-0.3, -0.25) is 0 Å². The van der Waals surface area contributed by atoms with Crippen LogP contribution in [-0.2, 0) is 9.53 Å². The van der Waals surface area contributed by atoms with Crippen LogP contribution in [0, 0.1) is 16.7 Å². The van der Waals surface area contributed by atoms with Crippen molar-refractivity contribution in [2.45, 2.75) is 34.1 Å². The summed E-state index contributed by atoms with van der Waals surface area (Å²) in [4.78, 5) is 11.6. The van der Waals surface area contributed by atoms with Crippen molar-refractivity contribution in [1.82, 2.24) is 0 Å². The lowest BCUT2D eigenvalue weighted by Gasteiger charge is -2.21. The normalized spacial score (nSPS) is 15.5. The number of hydrogen-bond acceptors (Lipinski definition) is 3. The predicted molar refractivity (Wildman–Crippen MR) is 54.4 cm³/mol. The highest BCUT2D eigenvalue weighted by molar-refractivity contribution is 5.83. The molecule has 3 nitrogen and oxygen atoms in total. The summed E-state index contributed by atoms with van der Waals surface area (Å²) in [6.45, 7) is 7.38.